The van der Waals surface area contributed by atoms with E-state index in [4.69, 9.17) is 14.6 Å². The summed E-state index contributed by atoms with van der Waals surface area (Å²) in [6.07, 6.45) is 1.69. The highest BCUT2D eigenvalue weighted by molar-refractivity contribution is 9.11. The lowest BCUT2D eigenvalue weighted by Gasteiger charge is -2.28. The molecule has 0 amide bonds. The summed E-state index contributed by atoms with van der Waals surface area (Å²) in [7, 11) is 0. The zero-order chi connectivity index (χ0) is 21.1. The minimum absolute atomic E-state index is 0.349. The number of ether oxygens (including phenoxy) is 2. The molecule has 0 fully saturated rings. The van der Waals surface area contributed by atoms with Crippen LogP contribution in [0, 0.1) is 0 Å². The Hall–Kier alpha value is -0.830. The minimum Gasteiger partial charge on any atom is -0.487 e. The van der Waals surface area contributed by atoms with E-state index in [1.807, 2.05) is 24.3 Å². The van der Waals surface area contributed by atoms with Gasteiger partial charge in [0, 0.05) is 5.41 Å². The smallest absolute Gasteiger partial charge is 0.341 e. The maximum absolute atomic E-state index is 10.8. The summed E-state index contributed by atoms with van der Waals surface area (Å²) in [5.74, 6) is 0.147. The Labute approximate surface area is 197 Å². The molecular weight excluding hydrogens is 624 g/mol. The van der Waals surface area contributed by atoms with Gasteiger partial charge in [-0.2, -0.15) is 0 Å². The van der Waals surface area contributed by atoms with Gasteiger partial charge in [0.25, 0.3) is 0 Å². The van der Waals surface area contributed by atoms with Crippen LogP contribution < -0.4 is 9.47 Å². The zero-order valence-electron chi connectivity index (χ0n) is 15.2. The quantitative estimate of drug-likeness (QED) is 0.313. The predicted octanol–water partition coefficient (Wildman–Crippen LogP) is 7.09. The third-order valence-corrected chi connectivity index (χ3v) is 6.48. The topological polar surface area (TPSA) is 55.8 Å². The summed E-state index contributed by atoms with van der Waals surface area (Å²) in [4.78, 5) is 10.8. The van der Waals surface area contributed by atoms with Crippen molar-refractivity contribution in [2.75, 3.05) is 13.2 Å². The zero-order valence-corrected chi connectivity index (χ0v) is 21.5. The van der Waals surface area contributed by atoms with Crippen molar-refractivity contribution in [3.8, 4) is 11.5 Å². The first-order valence-corrected chi connectivity index (χ1v) is 11.3. The normalized spacial score (nSPS) is 11.2. The molecule has 150 valence electrons. The fraction of sp³-hybridized carbons (Fsp3) is 0.250. The van der Waals surface area contributed by atoms with Crippen molar-refractivity contribution < 1.29 is 19.4 Å². The van der Waals surface area contributed by atoms with Gasteiger partial charge in [0.05, 0.1) is 17.9 Å². The largest absolute Gasteiger partial charge is 0.487 e. The van der Waals surface area contributed by atoms with Crippen LogP contribution in [0.5, 0.6) is 11.5 Å². The lowest BCUT2D eigenvalue weighted by Crippen LogP contribution is -2.19. The number of rotatable bonds is 8. The maximum Gasteiger partial charge on any atom is 0.341 e. The third kappa shape index (κ3) is 5.40. The number of carboxylic acid groups (broad SMARTS) is 1. The highest BCUT2D eigenvalue weighted by Gasteiger charge is 2.27. The molecule has 4 nitrogen and oxygen atoms in total. The van der Waals surface area contributed by atoms with E-state index in [2.05, 4.69) is 84.1 Å². The second-order valence-electron chi connectivity index (χ2n) is 6.45. The summed E-state index contributed by atoms with van der Waals surface area (Å²) in [6, 6.07) is 7.93. The van der Waals surface area contributed by atoms with Crippen LogP contribution in [0.3, 0.4) is 0 Å². The van der Waals surface area contributed by atoms with Gasteiger partial charge in [-0.05, 0) is 99.1 Å². The first-order valence-electron chi connectivity index (χ1n) is 8.15. The van der Waals surface area contributed by atoms with Crippen molar-refractivity contribution in [2.45, 2.75) is 19.3 Å². The number of halogens is 4. The molecule has 8 heteroatoms. The second kappa shape index (κ2) is 9.78. The average Bonchev–Trinajstić information content (AvgIpc) is 2.59. The van der Waals surface area contributed by atoms with Crippen LogP contribution >= 0.6 is 63.7 Å². The average molecular weight is 642 g/mol. The Bertz CT molecular complexity index is 863. The Morgan fingerprint density at radius 1 is 0.964 bits per heavy atom. The van der Waals surface area contributed by atoms with Crippen molar-refractivity contribution >= 4 is 69.7 Å². The molecule has 0 atom stereocenters. The Morgan fingerprint density at radius 3 is 1.71 bits per heavy atom. The van der Waals surface area contributed by atoms with Crippen molar-refractivity contribution in [1.29, 1.82) is 0 Å². The van der Waals surface area contributed by atoms with Crippen molar-refractivity contribution in [2.24, 2.45) is 0 Å². The van der Waals surface area contributed by atoms with E-state index >= 15 is 0 Å². The number of benzene rings is 2. The Balaban J connectivity index is 2.44. The van der Waals surface area contributed by atoms with E-state index < -0.39 is 12.6 Å². The summed E-state index contributed by atoms with van der Waals surface area (Å²) in [5.41, 5.74) is 1.74. The molecule has 0 radical (unpaired) electrons. The van der Waals surface area contributed by atoms with Crippen molar-refractivity contribution in [3.63, 3.8) is 0 Å². The lowest BCUT2D eigenvalue weighted by molar-refractivity contribution is -0.139. The third-order valence-electron chi connectivity index (χ3n) is 4.13. The van der Waals surface area contributed by atoms with Gasteiger partial charge in [-0.15, -0.1) is 0 Å². The van der Waals surface area contributed by atoms with E-state index in [-0.39, 0.29) is 5.41 Å². The predicted molar refractivity (Wildman–Crippen MR) is 125 cm³/mol. The maximum atomic E-state index is 10.8. The van der Waals surface area contributed by atoms with Crippen molar-refractivity contribution in [3.05, 3.63) is 65.9 Å². The van der Waals surface area contributed by atoms with Crippen LogP contribution in [0.2, 0.25) is 0 Å². The molecule has 0 aromatic heterocycles. The molecule has 28 heavy (non-hydrogen) atoms. The first kappa shape index (κ1) is 23.4. The van der Waals surface area contributed by atoms with Crippen LogP contribution in [-0.4, -0.2) is 24.3 Å². The number of carboxylic acids is 1. The van der Waals surface area contributed by atoms with Gasteiger partial charge in [-0.1, -0.05) is 26.5 Å². The highest BCUT2D eigenvalue weighted by atomic mass is 79.9. The molecule has 0 saturated carbocycles. The van der Waals surface area contributed by atoms with Gasteiger partial charge >= 0.3 is 5.97 Å². The SMILES string of the molecule is C=CCOc1c(Br)cc(C(C)(C)c2cc(Br)c(OCC(=O)O)c(Br)c2)cc1Br. The molecule has 0 aliphatic carbocycles. The van der Waals surface area contributed by atoms with Crippen LogP contribution in [-0.2, 0) is 10.2 Å². The molecular formula is C20H18Br4O4. The van der Waals surface area contributed by atoms with Crippen LogP contribution in [0.25, 0.3) is 0 Å². The number of aliphatic carboxylic acids is 1. The molecule has 0 heterocycles. The van der Waals surface area contributed by atoms with E-state index in [0.29, 0.717) is 21.3 Å². The van der Waals surface area contributed by atoms with Gasteiger partial charge in [0.15, 0.2) is 6.61 Å². The standard InChI is InChI=1S/C20H18Br4O4/c1-4-5-27-18-13(21)6-11(7-14(18)22)20(2,3)12-8-15(23)19(16(24)9-12)28-10-17(25)26/h4,6-9H,1,5,10H2,2-3H3,(H,25,26). The van der Waals surface area contributed by atoms with Crippen LogP contribution in [0.1, 0.15) is 25.0 Å². The van der Waals surface area contributed by atoms with Gasteiger partial charge < -0.3 is 14.6 Å². The summed E-state index contributed by atoms with van der Waals surface area (Å²) >= 11 is 14.1. The fourth-order valence-corrected chi connectivity index (χ4v) is 5.39. The lowest BCUT2D eigenvalue weighted by atomic mass is 9.78. The number of hydrogen-bond donors (Lipinski definition) is 1. The Kier molecular flexibility index (Phi) is 8.19. The summed E-state index contributed by atoms with van der Waals surface area (Å²) in [5, 5.41) is 8.84. The van der Waals surface area contributed by atoms with Gasteiger partial charge in [0.1, 0.15) is 18.1 Å². The van der Waals surface area contributed by atoms with Gasteiger partial charge in [-0.3, -0.25) is 0 Å². The molecule has 2 aromatic rings. The van der Waals surface area contributed by atoms with E-state index in [9.17, 15) is 4.79 Å². The van der Waals surface area contributed by atoms with E-state index in [0.717, 1.165) is 25.8 Å². The first-order chi connectivity index (χ1) is 13.1. The molecule has 0 bridgehead atoms. The second-order valence-corrected chi connectivity index (χ2v) is 9.86. The minimum atomic E-state index is -1.03. The molecule has 2 rings (SSSR count). The number of carbonyl (C=O) groups is 1. The van der Waals surface area contributed by atoms with E-state index in [1.54, 1.807) is 6.08 Å². The van der Waals surface area contributed by atoms with Crippen LogP contribution in [0.4, 0.5) is 0 Å². The molecule has 0 aliphatic heterocycles. The fourth-order valence-electron chi connectivity index (χ4n) is 2.56. The summed E-state index contributed by atoms with van der Waals surface area (Å²) < 4.78 is 14.1. The monoisotopic (exact) mass is 638 g/mol. The highest BCUT2D eigenvalue weighted by Crippen LogP contribution is 2.44. The number of hydrogen-bond acceptors (Lipinski definition) is 3. The van der Waals surface area contributed by atoms with Gasteiger partial charge in [-0.25, -0.2) is 4.79 Å². The molecule has 0 unspecified atom stereocenters. The van der Waals surface area contributed by atoms with Gasteiger partial charge in [0.2, 0.25) is 0 Å². The van der Waals surface area contributed by atoms with E-state index in [1.165, 1.54) is 0 Å². The van der Waals surface area contributed by atoms with Crippen LogP contribution in [0.15, 0.2) is 54.8 Å². The molecule has 0 spiro atoms. The molecule has 0 aliphatic rings. The molecule has 0 saturated heterocycles. The molecule has 2 aromatic carbocycles. The summed E-state index contributed by atoms with van der Waals surface area (Å²) in [6.45, 7) is 7.89. The Morgan fingerprint density at radius 2 is 1.36 bits per heavy atom. The molecule has 1 N–H and O–H groups in total. The van der Waals surface area contributed by atoms with Crippen molar-refractivity contribution in [1.82, 2.24) is 0 Å².